The molecule has 0 unspecified atom stereocenters. The maximum atomic E-state index is 6.17. The van der Waals surface area contributed by atoms with Crippen LogP contribution in [0.15, 0.2) is 229 Å². The van der Waals surface area contributed by atoms with E-state index in [1.165, 1.54) is 49.7 Å². The predicted molar refractivity (Wildman–Crippen MR) is 236 cm³/mol. The number of benzene rings is 9. The third-order valence-corrected chi connectivity index (χ3v) is 10.7. The average Bonchev–Trinajstić information content (AvgIpc) is 3.72. The molecule has 10 rings (SSSR count). The molecular weight excluding hydrogens is 679 g/mol. The van der Waals surface area contributed by atoms with Crippen LogP contribution in [0.3, 0.4) is 0 Å². The fourth-order valence-electron chi connectivity index (χ4n) is 7.86. The summed E-state index contributed by atoms with van der Waals surface area (Å²) in [5.41, 5.74) is 14.8. The molecule has 0 saturated heterocycles. The van der Waals surface area contributed by atoms with Crippen molar-refractivity contribution in [2.45, 2.75) is 0 Å². The maximum Gasteiger partial charge on any atom is 0.135 e. The lowest BCUT2D eigenvalue weighted by Gasteiger charge is -2.27. The molecule has 10 aromatic rings. The summed E-state index contributed by atoms with van der Waals surface area (Å²) < 4.78 is 6.17. The summed E-state index contributed by atoms with van der Waals surface area (Å²) in [7, 11) is 0. The van der Waals surface area contributed by atoms with Crippen molar-refractivity contribution in [1.82, 2.24) is 0 Å². The number of hydrogen-bond donors (Lipinski definition) is 0. The second-order valence-corrected chi connectivity index (χ2v) is 14.1. The minimum atomic E-state index is 0.881. The molecule has 0 bridgehead atoms. The van der Waals surface area contributed by atoms with Crippen LogP contribution in [0.25, 0.3) is 77.6 Å². The van der Waals surface area contributed by atoms with E-state index in [-0.39, 0.29) is 0 Å². The summed E-state index contributed by atoms with van der Waals surface area (Å²) in [5, 5.41) is 3.53. The van der Waals surface area contributed by atoms with Crippen LogP contribution in [-0.2, 0) is 0 Å². The standard InChI is InChI=1S/C54H37NO/c1-2-12-41(13-3-1)49-19-7-8-20-50(49)43-30-34-48(35-31-43)55(52-22-11-16-42-14-4-6-21-51(42)52)47-32-28-39(29-33-47)38-24-26-40(27-25-38)44-17-10-18-45(36-44)54-37-46-15-5-9-23-53(46)56-54/h1-37H. The van der Waals surface area contributed by atoms with Crippen LogP contribution < -0.4 is 4.90 Å². The second kappa shape index (κ2) is 14.4. The van der Waals surface area contributed by atoms with Crippen molar-refractivity contribution >= 4 is 38.8 Å². The number of furan rings is 1. The van der Waals surface area contributed by atoms with Crippen molar-refractivity contribution < 1.29 is 4.42 Å². The second-order valence-electron chi connectivity index (χ2n) is 14.1. The van der Waals surface area contributed by atoms with Gasteiger partial charge in [0.15, 0.2) is 0 Å². The lowest BCUT2D eigenvalue weighted by molar-refractivity contribution is 0.631. The van der Waals surface area contributed by atoms with Gasteiger partial charge in [0.1, 0.15) is 11.3 Å². The molecule has 1 aromatic heterocycles. The number of rotatable bonds is 8. The Hall–Kier alpha value is -7.42. The third-order valence-electron chi connectivity index (χ3n) is 10.7. The molecule has 2 heteroatoms. The predicted octanol–water partition coefficient (Wildman–Crippen LogP) is 15.4. The molecule has 0 radical (unpaired) electrons. The molecule has 264 valence electrons. The van der Waals surface area contributed by atoms with Crippen LogP contribution in [-0.4, -0.2) is 0 Å². The zero-order valence-corrected chi connectivity index (χ0v) is 30.7. The van der Waals surface area contributed by atoms with E-state index in [9.17, 15) is 0 Å². The van der Waals surface area contributed by atoms with Crippen molar-refractivity contribution in [1.29, 1.82) is 0 Å². The first-order valence-electron chi connectivity index (χ1n) is 19.1. The molecule has 0 aliphatic carbocycles. The van der Waals surface area contributed by atoms with Gasteiger partial charge in [-0.1, -0.05) is 176 Å². The van der Waals surface area contributed by atoms with Crippen LogP contribution in [0.5, 0.6) is 0 Å². The number of fused-ring (bicyclic) bond motifs is 2. The minimum Gasteiger partial charge on any atom is -0.456 e. The van der Waals surface area contributed by atoms with Crippen molar-refractivity contribution in [2.75, 3.05) is 4.90 Å². The topological polar surface area (TPSA) is 16.4 Å². The van der Waals surface area contributed by atoms with E-state index in [0.717, 1.165) is 44.9 Å². The average molecular weight is 716 g/mol. The van der Waals surface area contributed by atoms with Gasteiger partial charge < -0.3 is 9.32 Å². The Balaban J connectivity index is 0.968. The smallest absolute Gasteiger partial charge is 0.135 e. The molecule has 0 saturated carbocycles. The highest BCUT2D eigenvalue weighted by atomic mass is 16.3. The Labute approximate surface area is 327 Å². The van der Waals surface area contributed by atoms with E-state index in [1.807, 2.05) is 18.2 Å². The highest BCUT2D eigenvalue weighted by Crippen LogP contribution is 2.41. The number of anilines is 3. The quantitative estimate of drug-likeness (QED) is 0.156. The van der Waals surface area contributed by atoms with Gasteiger partial charge >= 0.3 is 0 Å². The van der Waals surface area contributed by atoms with Crippen molar-refractivity contribution in [3.8, 4) is 55.8 Å². The van der Waals surface area contributed by atoms with E-state index >= 15 is 0 Å². The first-order valence-corrected chi connectivity index (χ1v) is 19.1. The van der Waals surface area contributed by atoms with Crippen LogP contribution in [0.1, 0.15) is 0 Å². The molecule has 56 heavy (non-hydrogen) atoms. The van der Waals surface area contributed by atoms with Gasteiger partial charge in [0.25, 0.3) is 0 Å². The number of hydrogen-bond acceptors (Lipinski definition) is 2. The van der Waals surface area contributed by atoms with Gasteiger partial charge in [0, 0.05) is 27.7 Å². The van der Waals surface area contributed by atoms with E-state index in [1.54, 1.807) is 0 Å². The summed E-state index contributed by atoms with van der Waals surface area (Å²) >= 11 is 0. The number of nitrogens with zero attached hydrogens (tertiary/aromatic N) is 1. The molecule has 0 N–H and O–H groups in total. The maximum absolute atomic E-state index is 6.17. The zero-order valence-electron chi connectivity index (χ0n) is 30.7. The molecule has 1 heterocycles. The van der Waals surface area contributed by atoms with Crippen LogP contribution in [0.2, 0.25) is 0 Å². The molecule has 0 spiro atoms. The zero-order chi connectivity index (χ0) is 37.3. The summed E-state index contributed by atoms with van der Waals surface area (Å²) in [5.74, 6) is 0.881. The van der Waals surface area contributed by atoms with Gasteiger partial charge in [-0.05, 0) is 98.4 Å². The molecule has 0 aliphatic rings. The highest BCUT2D eigenvalue weighted by Gasteiger charge is 2.17. The summed E-state index contributed by atoms with van der Waals surface area (Å²) in [6.45, 7) is 0. The summed E-state index contributed by atoms with van der Waals surface area (Å²) in [4.78, 5) is 2.37. The molecule has 2 nitrogen and oxygen atoms in total. The fraction of sp³-hybridized carbons (Fsp3) is 0. The van der Waals surface area contributed by atoms with Crippen molar-refractivity contribution in [3.63, 3.8) is 0 Å². The lowest BCUT2D eigenvalue weighted by atomic mass is 9.94. The Morgan fingerprint density at radius 3 is 1.48 bits per heavy atom. The SMILES string of the molecule is c1ccc(-c2ccccc2-c2ccc(N(c3ccc(-c4ccc(-c5cccc(-c6cc7ccccc7o6)c5)cc4)cc3)c3cccc4ccccc34)cc2)cc1. The summed E-state index contributed by atoms with van der Waals surface area (Å²) in [6.07, 6.45) is 0. The van der Waals surface area contributed by atoms with Crippen LogP contribution in [0, 0.1) is 0 Å². The lowest BCUT2D eigenvalue weighted by Crippen LogP contribution is -2.10. The van der Waals surface area contributed by atoms with E-state index in [4.69, 9.17) is 4.42 Å². The van der Waals surface area contributed by atoms with Gasteiger partial charge in [-0.3, -0.25) is 0 Å². The molecule has 0 fully saturated rings. The van der Waals surface area contributed by atoms with Gasteiger partial charge in [-0.2, -0.15) is 0 Å². The molecule has 0 amide bonds. The largest absolute Gasteiger partial charge is 0.456 e. The highest BCUT2D eigenvalue weighted by molar-refractivity contribution is 5.99. The molecular formula is C54H37NO. The van der Waals surface area contributed by atoms with Gasteiger partial charge in [-0.25, -0.2) is 0 Å². The van der Waals surface area contributed by atoms with Crippen LogP contribution in [0.4, 0.5) is 17.1 Å². The van der Waals surface area contributed by atoms with Gasteiger partial charge in [0.05, 0.1) is 5.69 Å². The normalized spacial score (nSPS) is 11.2. The molecule has 9 aromatic carbocycles. The van der Waals surface area contributed by atoms with Gasteiger partial charge in [0.2, 0.25) is 0 Å². The van der Waals surface area contributed by atoms with Gasteiger partial charge in [-0.15, -0.1) is 0 Å². The Kier molecular flexibility index (Phi) is 8.55. The Morgan fingerprint density at radius 2 is 0.786 bits per heavy atom. The van der Waals surface area contributed by atoms with Crippen LogP contribution >= 0.6 is 0 Å². The van der Waals surface area contributed by atoms with E-state index in [2.05, 4.69) is 211 Å². The van der Waals surface area contributed by atoms with E-state index in [0.29, 0.717) is 0 Å². The minimum absolute atomic E-state index is 0.881. The molecule has 0 aliphatic heterocycles. The Morgan fingerprint density at radius 1 is 0.304 bits per heavy atom. The van der Waals surface area contributed by atoms with Crippen molar-refractivity contribution in [3.05, 3.63) is 224 Å². The van der Waals surface area contributed by atoms with Crippen molar-refractivity contribution in [2.24, 2.45) is 0 Å². The fourth-order valence-corrected chi connectivity index (χ4v) is 7.86. The Bertz CT molecular complexity index is 2900. The monoisotopic (exact) mass is 715 g/mol. The first-order chi connectivity index (χ1) is 27.7. The first kappa shape index (κ1) is 33.2. The molecule has 0 atom stereocenters. The summed E-state index contributed by atoms with van der Waals surface area (Å²) in [6, 6.07) is 80.1. The third kappa shape index (κ3) is 6.34. The van der Waals surface area contributed by atoms with E-state index < -0.39 is 0 Å². The number of para-hydroxylation sites is 1.